The summed E-state index contributed by atoms with van der Waals surface area (Å²) in [6, 6.07) is 16.0. The van der Waals surface area contributed by atoms with Gasteiger partial charge in [-0.15, -0.1) is 0 Å². The van der Waals surface area contributed by atoms with Crippen LogP contribution in [-0.4, -0.2) is 34.8 Å². The van der Waals surface area contributed by atoms with Crippen LogP contribution in [0.25, 0.3) is 0 Å². The fraction of sp³-hybridized carbons (Fsp3) is 0.294. The summed E-state index contributed by atoms with van der Waals surface area (Å²) in [6.45, 7) is 1.31. The normalized spacial score (nSPS) is 12.6. The van der Waals surface area contributed by atoms with Gasteiger partial charge in [0.25, 0.3) is 0 Å². The smallest absolute Gasteiger partial charge is 0.129 e. The Balaban J connectivity index is 2.04. The van der Waals surface area contributed by atoms with Crippen molar-refractivity contribution in [3.8, 4) is 0 Å². The van der Waals surface area contributed by atoms with Gasteiger partial charge in [-0.2, -0.15) is 0 Å². The van der Waals surface area contributed by atoms with Crippen LogP contribution in [0.2, 0.25) is 0 Å². The summed E-state index contributed by atoms with van der Waals surface area (Å²) in [6.07, 6.45) is -0.915. The highest BCUT2D eigenvalue weighted by Crippen LogP contribution is 2.18. The predicted molar refractivity (Wildman–Crippen MR) is 80.2 cm³/mol. The van der Waals surface area contributed by atoms with Gasteiger partial charge in [-0.3, -0.25) is 4.90 Å². The van der Waals surface area contributed by atoms with E-state index in [1.165, 1.54) is 6.07 Å². The highest BCUT2D eigenvalue weighted by atomic mass is 19.1. The Morgan fingerprint density at radius 3 is 2.33 bits per heavy atom. The van der Waals surface area contributed by atoms with E-state index in [1.54, 1.807) is 18.2 Å². The zero-order chi connectivity index (χ0) is 15.1. The average Bonchev–Trinajstić information content (AvgIpc) is 2.49. The number of rotatable bonds is 7. The van der Waals surface area contributed by atoms with Crippen molar-refractivity contribution in [1.82, 2.24) is 4.90 Å². The summed E-state index contributed by atoms with van der Waals surface area (Å²) in [7, 11) is 0. The lowest BCUT2D eigenvalue weighted by Crippen LogP contribution is -2.31. The Morgan fingerprint density at radius 2 is 1.67 bits per heavy atom. The second-order valence-electron chi connectivity index (χ2n) is 4.98. The minimum Gasteiger partial charge on any atom is -0.395 e. The largest absolute Gasteiger partial charge is 0.395 e. The number of hydrogen-bond donors (Lipinski definition) is 2. The lowest BCUT2D eigenvalue weighted by Gasteiger charge is -2.24. The molecule has 0 bridgehead atoms. The van der Waals surface area contributed by atoms with Crippen molar-refractivity contribution in [2.75, 3.05) is 19.7 Å². The van der Waals surface area contributed by atoms with Gasteiger partial charge in [-0.25, -0.2) is 4.39 Å². The van der Waals surface area contributed by atoms with E-state index in [1.807, 2.05) is 35.2 Å². The van der Waals surface area contributed by atoms with E-state index in [0.29, 0.717) is 13.1 Å². The topological polar surface area (TPSA) is 43.7 Å². The van der Waals surface area contributed by atoms with Crippen molar-refractivity contribution in [3.63, 3.8) is 0 Å². The molecule has 0 heterocycles. The van der Waals surface area contributed by atoms with Gasteiger partial charge in [-0.05, 0) is 11.6 Å². The molecule has 1 atom stereocenters. The summed E-state index contributed by atoms with van der Waals surface area (Å²) in [5, 5.41) is 19.4. The Kier molecular flexibility index (Phi) is 5.87. The third-order valence-electron chi connectivity index (χ3n) is 3.36. The zero-order valence-electron chi connectivity index (χ0n) is 11.8. The van der Waals surface area contributed by atoms with E-state index in [2.05, 4.69) is 0 Å². The molecule has 0 aromatic heterocycles. The maximum atomic E-state index is 13.7. The highest BCUT2D eigenvalue weighted by molar-refractivity contribution is 5.20. The van der Waals surface area contributed by atoms with Crippen molar-refractivity contribution in [3.05, 3.63) is 71.5 Å². The number of halogens is 1. The van der Waals surface area contributed by atoms with Crippen LogP contribution in [0.3, 0.4) is 0 Å². The molecule has 0 amide bonds. The van der Waals surface area contributed by atoms with Gasteiger partial charge in [0, 0.05) is 25.2 Å². The molecule has 4 heteroatoms. The molecule has 2 N–H and O–H groups in total. The highest BCUT2D eigenvalue weighted by Gasteiger charge is 2.16. The minimum atomic E-state index is -0.915. The molecule has 1 unspecified atom stereocenters. The summed E-state index contributed by atoms with van der Waals surface area (Å²) in [4.78, 5) is 1.91. The van der Waals surface area contributed by atoms with E-state index in [0.717, 1.165) is 5.56 Å². The molecule has 0 aliphatic rings. The van der Waals surface area contributed by atoms with Crippen LogP contribution in [-0.2, 0) is 6.54 Å². The molecule has 0 fully saturated rings. The number of benzene rings is 2. The van der Waals surface area contributed by atoms with Gasteiger partial charge in [0.2, 0.25) is 0 Å². The van der Waals surface area contributed by atoms with E-state index in [4.69, 9.17) is 5.11 Å². The van der Waals surface area contributed by atoms with Crippen LogP contribution in [0, 0.1) is 5.82 Å². The van der Waals surface area contributed by atoms with Crippen molar-refractivity contribution >= 4 is 0 Å². The maximum absolute atomic E-state index is 13.7. The van der Waals surface area contributed by atoms with Crippen LogP contribution in [0.4, 0.5) is 4.39 Å². The first kappa shape index (κ1) is 15.6. The summed E-state index contributed by atoms with van der Waals surface area (Å²) in [5.41, 5.74) is 1.38. The molecule has 0 saturated carbocycles. The molecule has 112 valence electrons. The van der Waals surface area contributed by atoms with Crippen LogP contribution in [0.5, 0.6) is 0 Å². The van der Waals surface area contributed by atoms with Gasteiger partial charge in [0.15, 0.2) is 0 Å². The minimum absolute atomic E-state index is 0.00315. The van der Waals surface area contributed by atoms with Crippen molar-refractivity contribution in [1.29, 1.82) is 0 Å². The van der Waals surface area contributed by atoms with Crippen LogP contribution < -0.4 is 0 Å². The second-order valence-corrected chi connectivity index (χ2v) is 4.98. The average molecular weight is 289 g/mol. The molecular formula is C17H20FNO2. The molecule has 0 saturated heterocycles. The summed E-state index contributed by atoms with van der Waals surface area (Å²) < 4.78 is 13.7. The van der Waals surface area contributed by atoms with Crippen LogP contribution in [0.15, 0.2) is 54.6 Å². The van der Waals surface area contributed by atoms with Gasteiger partial charge in [-0.1, -0.05) is 48.5 Å². The van der Waals surface area contributed by atoms with Gasteiger partial charge >= 0.3 is 0 Å². The molecule has 21 heavy (non-hydrogen) atoms. The maximum Gasteiger partial charge on any atom is 0.129 e. The van der Waals surface area contributed by atoms with E-state index in [9.17, 15) is 9.50 Å². The molecule has 2 aromatic rings. The Bertz CT molecular complexity index is 547. The number of aliphatic hydroxyl groups is 2. The van der Waals surface area contributed by atoms with Gasteiger partial charge < -0.3 is 10.2 Å². The van der Waals surface area contributed by atoms with Crippen molar-refractivity contribution < 1.29 is 14.6 Å². The first-order valence-electron chi connectivity index (χ1n) is 7.00. The van der Waals surface area contributed by atoms with Crippen LogP contribution >= 0.6 is 0 Å². The first-order valence-corrected chi connectivity index (χ1v) is 7.00. The molecular weight excluding hydrogens is 269 g/mol. The Hall–Kier alpha value is -1.75. The number of aliphatic hydroxyl groups excluding tert-OH is 2. The van der Waals surface area contributed by atoms with E-state index >= 15 is 0 Å². The van der Waals surface area contributed by atoms with Crippen LogP contribution in [0.1, 0.15) is 17.2 Å². The molecule has 3 nitrogen and oxygen atoms in total. The van der Waals surface area contributed by atoms with Crippen molar-refractivity contribution in [2.24, 2.45) is 0 Å². The summed E-state index contributed by atoms with van der Waals surface area (Å²) >= 11 is 0. The van der Waals surface area contributed by atoms with E-state index in [-0.39, 0.29) is 18.7 Å². The zero-order valence-corrected chi connectivity index (χ0v) is 11.8. The lowest BCUT2D eigenvalue weighted by atomic mass is 10.1. The third-order valence-corrected chi connectivity index (χ3v) is 3.36. The lowest BCUT2D eigenvalue weighted by molar-refractivity contribution is 0.0933. The van der Waals surface area contributed by atoms with E-state index < -0.39 is 11.9 Å². The fourth-order valence-corrected chi connectivity index (χ4v) is 2.31. The SMILES string of the molecule is OCCN(Cc1ccccc1)CC(O)c1ccccc1F. The monoisotopic (exact) mass is 289 g/mol. The Labute approximate surface area is 124 Å². The molecule has 2 aromatic carbocycles. The fourth-order valence-electron chi connectivity index (χ4n) is 2.31. The standard InChI is InChI=1S/C17H20FNO2/c18-16-9-5-4-8-15(16)17(21)13-19(10-11-20)12-14-6-2-1-3-7-14/h1-9,17,20-21H,10-13H2. The van der Waals surface area contributed by atoms with Gasteiger partial charge in [0.1, 0.15) is 5.82 Å². The predicted octanol–water partition coefficient (Wildman–Crippen LogP) is 2.35. The second kappa shape index (κ2) is 7.88. The first-order chi connectivity index (χ1) is 10.2. The Morgan fingerprint density at radius 1 is 1.00 bits per heavy atom. The quantitative estimate of drug-likeness (QED) is 0.822. The molecule has 0 spiro atoms. The molecule has 0 radical (unpaired) electrons. The number of nitrogens with zero attached hydrogens (tertiary/aromatic N) is 1. The summed E-state index contributed by atoms with van der Waals surface area (Å²) in [5.74, 6) is -0.409. The van der Waals surface area contributed by atoms with Gasteiger partial charge in [0.05, 0.1) is 12.7 Å². The van der Waals surface area contributed by atoms with Crippen molar-refractivity contribution in [2.45, 2.75) is 12.6 Å². The number of hydrogen-bond acceptors (Lipinski definition) is 3. The molecule has 0 aliphatic heterocycles. The molecule has 2 rings (SSSR count). The molecule has 0 aliphatic carbocycles. The third kappa shape index (κ3) is 4.63.